The predicted octanol–water partition coefficient (Wildman–Crippen LogP) is 2.37. The highest BCUT2D eigenvalue weighted by atomic mass is 16.4. The van der Waals surface area contributed by atoms with Gasteiger partial charge in [-0.05, 0) is 31.6 Å². The Bertz CT molecular complexity index is 307. The highest BCUT2D eigenvalue weighted by Gasteiger charge is 2.20. The maximum absolute atomic E-state index is 11.7. The van der Waals surface area contributed by atoms with Crippen LogP contribution in [0.25, 0.3) is 0 Å². The number of hydrogen-bond donors (Lipinski definition) is 3. The van der Waals surface area contributed by atoms with Crippen molar-refractivity contribution in [2.45, 2.75) is 58.4 Å². The van der Waals surface area contributed by atoms with Crippen LogP contribution in [0.5, 0.6) is 0 Å². The van der Waals surface area contributed by atoms with Gasteiger partial charge in [0.2, 0.25) is 0 Å². The standard InChI is InChI=1S/C14H26N2O3/c1-10-5-3-7-12(9-10)16-14(19)15-8-4-6-11(2)13(17)18/h10-12H,3-9H2,1-2H3,(H,17,18)(H2,15,16,19). The van der Waals surface area contributed by atoms with Crippen LogP contribution in [0.15, 0.2) is 0 Å². The van der Waals surface area contributed by atoms with Crippen molar-refractivity contribution in [1.82, 2.24) is 10.6 Å². The first-order chi connectivity index (χ1) is 8.99. The van der Waals surface area contributed by atoms with Gasteiger partial charge in [-0.25, -0.2) is 4.79 Å². The maximum atomic E-state index is 11.7. The summed E-state index contributed by atoms with van der Waals surface area (Å²) >= 11 is 0. The Morgan fingerprint density at radius 3 is 2.74 bits per heavy atom. The highest BCUT2D eigenvalue weighted by molar-refractivity contribution is 5.74. The summed E-state index contributed by atoms with van der Waals surface area (Å²) in [6.45, 7) is 4.44. The molecular weight excluding hydrogens is 244 g/mol. The maximum Gasteiger partial charge on any atom is 0.315 e. The van der Waals surface area contributed by atoms with Gasteiger partial charge in [0.15, 0.2) is 0 Å². The summed E-state index contributed by atoms with van der Waals surface area (Å²) in [6, 6.07) is 0.170. The quantitative estimate of drug-likeness (QED) is 0.648. The average molecular weight is 270 g/mol. The van der Waals surface area contributed by atoms with Crippen LogP contribution in [-0.4, -0.2) is 29.7 Å². The van der Waals surface area contributed by atoms with Crippen LogP contribution < -0.4 is 10.6 Å². The van der Waals surface area contributed by atoms with Crippen molar-refractivity contribution in [1.29, 1.82) is 0 Å². The van der Waals surface area contributed by atoms with Crippen molar-refractivity contribution in [2.24, 2.45) is 11.8 Å². The molecule has 0 aromatic heterocycles. The number of carboxylic acid groups (broad SMARTS) is 1. The van der Waals surface area contributed by atoms with Crippen LogP contribution in [0.1, 0.15) is 52.4 Å². The molecule has 0 aromatic rings. The molecule has 5 nitrogen and oxygen atoms in total. The molecule has 2 amide bonds. The number of amides is 2. The molecule has 19 heavy (non-hydrogen) atoms. The van der Waals surface area contributed by atoms with E-state index >= 15 is 0 Å². The summed E-state index contributed by atoms with van der Waals surface area (Å²) in [5.74, 6) is -0.430. The Morgan fingerprint density at radius 1 is 1.37 bits per heavy atom. The van der Waals surface area contributed by atoms with Crippen molar-refractivity contribution in [3.63, 3.8) is 0 Å². The lowest BCUT2D eigenvalue weighted by atomic mass is 9.87. The van der Waals surface area contributed by atoms with Crippen molar-refractivity contribution >= 4 is 12.0 Å². The molecule has 3 unspecified atom stereocenters. The van der Waals surface area contributed by atoms with E-state index in [0.29, 0.717) is 31.3 Å². The van der Waals surface area contributed by atoms with Gasteiger partial charge in [-0.15, -0.1) is 0 Å². The molecule has 1 aliphatic carbocycles. The lowest BCUT2D eigenvalue weighted by molar-refractivity contribution is -0.141. The molecule has 0 spiro atoms. The number of carbonyl (C=O) groups excluding carboxylic acids is 1. The van der Waals surface area contributed by atoms with Crippen LogP contribution in [0.3, 0.4) is 0 Å². The Kier molecular flexibility index (Phi) is 6.67. The summed E-state index contributed by atoms with van der Waals surface area (Å²) in [5.41, 5.74) is 0. The predicted molar refractivity (Wildman–Crippen MR) is 74.0 cm³/mol. The Balaban J connectivity index is 2.09. The summed E-state index contributed by atoms with van der Waals surface area (Å²) in [5, 5.41) is 14.5. The van der Waals surface area contributed by atoms with E-state index in [1.807, 2.05) is 0 Å². The number of aliphatic carboxylic acids is 1. The Morgan fingerprint density at radius 2 is 2.11 bits per heavy atom. The van der Waals surface area contributed by atoms with Gasteiger partial charge in [-0.2, -0.15) is 0 Å². The largest absolute Gasteiger partial charge is 0.481 e. The number of carbonyl (C=O) groups is 2. The molecule has 110 valence electrons. The third-order valence-corrected chi connectivity index (χ3v) is 3.79. The fourth-order valence-corrected chi connectivity index (χ4v) is 2.54. The molecule has 0 aliphatic heterocycles. The van der Waals surface area contributed by atoms with Gasteiger partial charge >= 0.3 is 12.0 Å². The number of rotatable bonds is 6. The van der Waals surface area contributed by atoms with Crippen LogP contribution in [-0.2, 0) is 4.79 Å². The van der Waals surface area contributed by atoms with Crippen LogP contribution in [0.4, 0.5) is 4.79 Å². The van der Waals surface area contributed by atoms with Crippen molar-refractivity contribution < 1.29 is 14.7 Å². The molecule has 1 fully saturated rings. The van der Waals surface area contributed by atoms with Gasteiger partial charge < -0.3 is 15.7 Å². The average Bonchev–Trinajstić information content (AvgIpc) is 2.34. The van der Waals surface area contributed by atoms with Crippen LogP contribution in [0, 0.1) is 11.8 Å². The fraction of sp³-hybridized carbons (Fsp3) is 0.857. The molecule has 0 aromatic carbocycles. The van der Waals surface area contributed by atoms with Gasteiger partial charge in [0.1, 0.15) is 0 Å². The van der Waals surface area contributed by atoms with E-state index in [1.165, 1.54) is 12.8 Å². The molecule has 0 bridgehead atoms. The van der Waals surface area contributed by atoms with Gasteiger partial charge in [0.25, 0.3) is 0 Å². The molecule has 0 saturated heterocycles. The summed E-state index contributed by atoms with van der Waals surface area (Å²) in [4.78, 5) is 22.3. The fourth-order valence-electron chi connectivity index (χ4n) is 2.54. The van der Waals surface area contributed by atoms with Crippen molar-refractivity contribution in [3.8, 4) is 0 Å². The van der Waals surface area contributed by atoms with E-state index < -0.39 is 5.97 Å². The van der Waals surface area contributed by atoms with Gasteiger partial charge in [0.05, 0.1) is 5.92 Å². The molecule has 0 radical (unpaired) electrons. The smallest absolute Gasteiger partial charge is 0.315 e. The minimum absolute atomic E-state index is 0.123. The lowest BCUT2D eigenvalue weighted by Gasteiger charge is -2.27. The zero-order valence-electron chi connectivity index (χ0n) is 11.9. The first kappa shape index (κ1) is 15.8. The Labute approximate surface area is 115 Å². The zero-order valence-corrected chi connectivity index (χ0v) is 11.9. The topological polar surface area (TPSA) is 78.4 Å². The number of hydrogen-bond acceptors (Lipinski definition) is 2. The third kappa shape index (κ3) is 6.45. The van der Waals surface area contributed by atoms with E-state index in [0.717, 1.165) is 12.8 Å². The lowest BCUT2D eigenvalue weighted by Crippen LogP contribution is -2.44. The molecule has 5 heteroatoms. The summed E-state index contributed by atoms with van der Waals surface area (Å²) in [7, 11) is 0. The molecule has 3 N–H and O–H groups in total. The van der Waals surface area contributed by atoms with E-state index in [1.54, 1.807) is 6.92 Å². The third-order valence-electron chi connectivity index (χ3n) is 3.79. The summed E-state index contributed by atoms with van der Waals surface area (Å²) < 4.78 is 0. The highest BCUT2D eigenvalue weighted by Crippen LogP contribution is 2.23. The molecule has 1 saturated carbocycles. The monoisotopic (exact) mass is 270 g/mol. The first-order valence-electron chi connectivity index (χ1n) is 7.26. The van der Waals surface area contributed by atoms with E-state index in [9.17, 15) is 9.59 Å². The van der Waals surface area contributed by atoms with E-state index in [-0.39, 0.29) is 11.9 Å². The van der Waals surface area contributed by atoms with E-state index in [2.05, 4.69) is 17.6 Å². The van der Waals surface area contributed by atoms with Gasteiger partial charge in [-0.1, -0.05) is 26.7 Å². The minimum Gasteiger partial charge on any atom is -0.481 e. The van der Waals surface area contributed by atoms with Crippen LogP contribution in [0.2, 0.25) is 0 Å². The molecule has 3 atom stereocenters. The van der Waals surface area contributed by atoms with Crippen molar-refractivity contribution in [2.75, 3.05) is 6.54 Å². The van der Waals surface area contributed by atoms with E-state index in [4.69, 9.17) is 5.11 Å². The second-order valence-electron chi connectivity index (χ2n) is 5.75. The second-order valence-corrected chi connectivity index (χ2v) is 5.75. The number of urea groups is 1. The summed E-state index contributed by atoms with van der Waals surface area (Å²) in [6.07, 6.45) is 5.85. The first-order valence-corrected chi connectivity index (χ1v) is 7.26. The zero-order chi connectivity index (χ0) is 14.3. The number of carboxylic acids is 1. The van der Waals surface area contributed by atoms with Gasteiger partial charge in [0, 0.05) is 12.6 Å². The van der Waals surface area contributed by atoms with Crippen LogP contribution >= 0.6 is 0 Å². The molecular formula is C14H26N2O3. The molecule has 0 heterocycles. The van der Waals surface area contributed by atoms with Crippen molar-refractivity contribution in [3.05, 3.63) is 0 Å². The SMILES string of the molecule is CC1CCCC(NC(=O)NCCCC(C)C(=O)O)C1. The molecule has 1 rings (SSSR count). The number of nitrogens with one attached hydrogen (secondary N) is 2. The normalized spacial score (nSPS) is 24.5. The minimum atomic E-state index is -0.777. The molecule has 1 aliphatic rings. The second kappa shape index (κ2) is 8.02. The Hall–Kier alpha value is -1.26. The van der Waals surface area contributed by atoms with Gasteiger partial charge in [-0.3, -0.25) is 4.79 Å².